The molecule has 1 fully saturated rings. The van der Waals surface area contributed by atoms with E-state index >= 15 is 0 Å². The summed E-state index contributed by atoms with van der Waals surface area (Å²) in [4.78, 5) is 4.63. The third-order valence-corrected chi connectivity index (χ3v) is 5.32. The maximum Gasteiger partial charge on any atom is 0.391 e. The smallest absolute Gasteiger partial charge is 0.306 e. The highest BCUT2D eigenvalue weighted by atomic mass is 32.1. The summed E-state index contributed by atoms with van der Waals surface area (Å²) >= 11 is 1.49. The fraction of sp³-hybridized carbons (Fsp3) is 0.800. The lowest BCUT2D eigenvalue weighted by Crippen LogP contribution is -2.48. The van der Waals surface area contributed by atoms with Gasteiger partial charge in [-0.2, -0.15) is 13.2 Å². The molecule has 1 N–H and O–H groups in total. The van der Waals surface area contributed by atoms with Crippen LogP contribution in [0.25, 0.3) is 0 Å². The third-order valence-electron chi connectivity index (χ3n) is 4.25. The maximum absolute atomic E-state index is 13.1. The highest BCUT2D eigenvalue weighted by Gasteiger charge is 2.49. The van der Waals surface area contributed by atoms with Crippen LogP contribution in [0.1, 0.15) is 63.1 Å². The Labute approximate surface area is 128 Å². The van der Waals surface area contributed by atoms with E-state index in [0.717, 1.165) is 17.1 Å². The molecule has 1 aromatic heterocycles. The van der Waals surface area contributed by atoms with E-state index in [0.29, 0.717) is 18.9 Å². The monoisotopic (exact) mass is 320 g/mol. The highest BCUT2D eigenvalue weighted by Crippen LogP contribution is 2.47. The van der Waals surface area contributed by atoms with Crippen molar-refractivity contribution >= 4 is 11.3 Å². The predicted octanol–water partition coefficient (Wildman–Crippen LogP) is 4.82. The third kappa shape index (κ3) is 3.59. The van der Waals surface area contributed by atoms with E-state index in [1.54, 1.807) is 0 Å². The largest absolute Gasteiger partial charge is 0.391 e. The summed E-state index contributed by atoms with van der Waals surface area (Å²) in [7, 11) is 0. The molecule has 1 aliphatic rings. The molecule has 0 saturated heterocycles. The Bertz CT molecular complexity index is 466. The molecule has 0 spiro atoms. The maximum atomic E-state index is 13.1. The molecule has 0 aromatic carbocycles. The van der Waals surface area contributed by atoms with Gasteiger partial charge in [-0.05, 0) is 31.7 Å². The minimum absolute atomic E-state index is 0.107. The number of rotatable bonds is 4. The first kappa shape index (κ1) is 16.7. The molecular formula is C15H23F3N2S. The number of nitrogens with zero attached hydrogens (tertiary/aromatic N) is 1. The summed E-state index contributed by atoms with van der Waals surface area (Å²) in [6, 6.07) is 0. The number of thiazole rings is 1. The van der Waals surface area contributed by atoms with Crippen LogP contribution in [-0.2, 0) is 5.54 Å². The first-order chi connectivity index (χ1) is 9.78. The lowest BCUT2D eigenvalue weighted by molar-refractivity contribution is -0.189. The molecule has 6 heteroatoms. The van der Waals surface area contributed by atoms with E-state index in [2.05, 4.69) is 24.1 Å². The van der Waals surface area contributed by atoms with Gasteiger partial charge in [0.25, 0.3) is 0 Å². The Morgan fingerprint density at radius 1 is 1.48 bits per heavy atom. The average Bonchev–Trinajstić information content (AvgIpc) is 2.88. The van der Waals surface area contributed by atoms with Crippen LogP contribution in [0.4, 0.5) is 13.2 Å². The molecule has 1 heterocycles. The van der Waals surface area contributed by atoms with E-state index in [1.165, 1.54) is 11.3 Å². The molecule has 120 valence electrons. The van der Waals surface area contributed by atoms with Crippen molar-refractivity contribution in [3.8, 4) is 0 Å². The summed E-state index contributed by atoms with van der Waals surface area (Å²) < 4.78 is 39.4. The van der Waals surface area contributed by atoms with Crippen molar-refractivity contribution in [2.75, 3.05) is 6.54 Å². The van der Waals surface area contributed by atoms with Gasteiger partial charge in [-0.25, -0.2) is 4.98 Å². The zero-order valence-electron chi connectivity index (χ0n) is 12.8. The molecule has 1 saturated carbocycles. The molecule has 2 nitrogen and oxygen atoms in total. The predicted molar refractivity (Wildman–Crippen MR) is 79.6 cm³/mol. The Hall–Kier alpha value is -0.620. The van der Waals surface area contributed by atoms with Crippen LogP contribution in [0.3, 0.4) is 0 Å². The minimum atomic E-state index is -4.11. The number of hydrogen-bond acceptors (Lipinski definition) is 3. The van der Waals surface area contributed by atoms with Crippen molar-refractivity contribution in [2.45, 2.75) is 64.1 Å². The van der Waals surface area contributed by atoms with Gasteiger partial charge in [0.1, 0.15) is 5.01 Å². The minimum Gasteiger partial charge on any atom is -0.306 e. The van der Waals surface area contributed by atoms with Gasteiger partial charge in [-0.3, -0.25) is 0 Å². The SMILES string of the molecule is CCNC1(c2nc(C(C)C)cs2)CCCC(C(F)(F)F)C1. The summed E-state index contributed by atoms with van der Waals surface area (Å²) in [5.41, 5.74) is 0.367. The summed E-state index contributed by atoms with van der Waals surface area (Å²) in [5.74, 6) is -0.924. The van der Waals surface area contributed by atoms with Gasteiger partial charge in [0.15, 0.2) is 0 Å². The molecule has 0 amide bonds. The quantitative estimate of drug-likeness (QED) is 0.860. The molecule has 2 atom stereocenters. The topological polar surface area (TPSA) is 24.9 Å². The lowest BCUT2D eigenvalue weighted by atomic mass is 9.75. The number of aromatic nitrogens is 1. The van der Waals surface area contributed by atoms with E-state index < -0.39 is 17.6 Å². The van der Waals surface area contributed by atoms with E-state index in [9.17, 15) is 13.2 Å². The summed E-state index contributed by atoms with van der Waals surface area (Å²) in [5, 5.41) is 6.12. The van der Waals surface area contributed by atoms with Crippen molar-refractivity contribution in [3.63, 3.8) is 0 Å². The zero-order chi connectivity index (χ0) is 15.7. The van der Waals surface area contributed by atoms with Crippen molar-refractivity contribution < 1.29 is 13.2 Å². The zero-order valence-corrected chi connectivity index (χ0v) is 13.6. The molecule has 0 aliphatic heterocycles. The summed E-state index contributed by atoms with van der Waals surface area (Å²) in [6.45, 7) is 6.70. The van der Waals surface area contributed by atoms with Crippen molar-refractivity contribution in [1.29, 1.82) is 0 Å². The Morgan fingerprint density at radius 2 is 2.19 bits per heavy atom. The van der Waals surface area contributed by atoms with Crippen molar-refractivity contribution in [2.24, 2.45) is 5.92 Å². The molecule has 2 unspecified atom stereocenters. The number of hydrogen-bond donors (Lipinski definition) is 1. The van der Waals surface area contributed by atoms with Crippen LogP contribution in [0.2, 0.25) is 0 Å². The van der Waals surface area contributed by atoms with Crippen LogP contribution < -0.4 is 5.32 Å². The number of nitrogens with one attached hydrogen (secondary N) is 1. The Balaban J connectivity index is 2.30. The van der Waals surface area contributed by atoms with Gasteiger partial charge in [-0.15, -0.1) is 11.3 Å². The second-order valence-corrected chi connectivity index (χ2v) is 7.04. The van der Waals surface area contributed by atoms with Crippen molar-refractivity contribution in [1.82, 2.24) is 10.3 Å². The molecule has 1 aliphatic carbocycles. The average molecular weight is 320 g/mol. The molecule has 2 rings (SSSR count). The van der Waals surface area contributed by atoms with E-state index in [1.807, 2.05) is 12.3 Å². The van der Waals surface area contributed by atoms with Gasteiger partial charge in [0, 0.05) is 5.38 Å². The summed E-state index contributed by atoms with van der Waals surface area (Å²) in [6.07, 6.45) is -2.44. The fourth-order valence-electron chi connectivity index (χ4n) is 3.09. The first-order valence-corrected chi connectivity index (χ1v) is 8.44. The van der Waals surface area contributed by atoms with E-state index in [4.69, 9.17) is 0 Å². The van der Waals surface area contributed by atoms with Gasteiger partial charge in [0.05, 0.1) is 17.2 Å². The van der Waals surface area contributed by atoms with Crippen LogP contribution in [0.15, 0.2) is 5.38 Å². The Morgan fingerprint density at radius 3 is 2.71 bits per heavy atom. The van der Waals surface area contributed by atoms with E-state index in [-0.39, 0.29) is 12.8 Å². The normalized spacial score (nSPS) is 27.3. The van der Waals surface area contributed by atoms with Gasteiger partial charge in [-0.1, -0.05) is 27.2 Å². The van der Waals surface area contributed by atoms with Crippen molar-refractivity contribution in [3.05, 3.63) is 16.1 Å². The first-order valence-electron chi connectivity index (χ1n) is 7.56. The molecule has 1 aromatic rings. The highest BCUT2D eigenvalue weighted by molar-refractivity contribution is 7.09. The van der Waals surface area contributed by atoms with Crippen LogP contribution in [0, 0.1) is 5.92 Å². The molecule has 0 radical (unpaired) electrons. The van der Waals surface area contributed by atoms with Gasteiger partial charge < -0.3 is 5.32 Å². The lowest BCUT2D eigenvalue weighted by Gasteiger charge is -2.40. The second-order valence-electron chi connectivity index (χ2n) is 6.18. The fourth-order valence-corrected chi connectivity index (χ4v) is 4.29. The van der Waals surface area contributed by atoms with Gasteiger partial charge >= 0.3 is 6.18 Å². The molecular weight excluding hydrogens is 297 g/mol. The van der Waals surface area contributed by atoms with Crippen LogP contribution >= 0.6 is 11.3 Å². The number of halogens is 3. The van der Waals surface area contributed by atoms with Crippen LogP contribution in [-0.4, -0.2) is 17.7 Å². The number of alkyl halides is 3. The second kappa shape index (κ2) is 6.24. The standard InChI is InChI=1S/C15H23F3N2S/c1-4-19-14(13-20-12(9-21-13)10(2)3)7-5-6-11(8-14)15(16,17)18/h9-11,19H,4-8H2,1-3H3. The van der Waals surface area contributed by atoms with Gasteiger partial charge in [0.2, 0.25) is 0 Å². The molecule has 21 heavy (non-hydrogen) atoms. The molecule has 0 bridgehead atoms. The van der Waals surface area contributed by atoms with Crippen LogP contribution in [0.5, 0.6) is 0 Å². The Kier molecular flexibility index (Phi) is 4.98.